The van der Waals surface area contributed by atoms with Crippen LogP contribution in [-0.4, -0.2) is 0 Å². The van der Waals surface area contributed by atoms with E-state index in [1.807, 2.05) is 23.5 Å². The van der Waals surface area contributed by atoms with E-state index in [0.29, 0.717) is 0 Å². The number of hydrogen-bond acceptors (Lipinski definition) is 2. The Balaban J connectivity index is 1.71. The molecular weight excluding hydrogens is 434 g/mol. The Labute approximate surface area is 203 Å². The average Bonchev–Trinajstić information content (AvgIpc) is 3.36. The van der Waals surface area contributed by atoms with Crippen molar-refractivity contribution in [2.45, 2.75) is 27.7 Å². The summed E-state index contributed by atoms with van der Waals surface area (Å²) in [4.78, 5) is 1.30. The van der Waals surface area contributed by atoms with E-state index >= 15 is 0 Å². The van der Waals surface area contributed by atoms with Crippen molar-refractivity contribution < 1.29 is 8.98 Å². The predicted molar refractivity (Wildman–Crippen MR) is 143 cm³/mol. The van der Waals surface area contributed by atoms with Crippen molar-refractivity contribution in [3.63, 3.8) is 0 Å². The van der Waals surface area contributed by atoms with Crippen LogP contribution >= 0.6 is 11.3 Å². The number of furan rings is 1. The fourth-order valence-corrected chi connectivity index (χ4v) is 6.47. The van der Waals surface area contributed by atoms with Gasteiger partial charge in [-0.25, -0.2) is 0 Å². The van der Waals surface area contributed by atoms with Crippen molar-refractivity contribution in [2.75, 3.05) is 0 Å². The van der Waals surface area contributed by atoms with Gasteiger partial charge in [0, 0.05) is 29.3 Å². The molecule has 0 N–H and O–H groups in total. The van der Waals surface area contributed by atoms with E-state index in [0.717, 1.165) is 21.9 Å². The number of fused-ring (bicyclic) bond motifs is 3. The first kappa shape index (κ1) is 20.9. The molecule has 34 heavy (non-hydrogen) atoms. The molecule has 0 amide bonds. The van der Waals surface area contributed by atoms with Gasteiger partial charge in [0.05, 0.1) is 5.56 Å². The molecule has 0 bridgehead atoms. The molecule has 0 spiro atoms. The third-order valence-electron chi connectivity index (χ3n) is 6.73. The lowest BCUT2D eigenvalue weighted by atomic mass is 10.0. The molecule has 0 saturated heterocycles. The molecule has 3 heteroatoms. The number of benzene rings is 4. The van der Waals surface area contributed by atoms with Gasteiger partial charge in [0.15, 0.2) is 0 Å². The molecular formula is C31H26NOS+. The molecule has 0 aliphatic heterocycles. The van der Waals surface area contributed by atoms with Crippen molar-refractivity contribution >= 4 is 33.3 Å². The zero-order valence-corrected chi connectivity index (χ0v) is 20.7. The number of thiazole rings is 1. The van der Waals surface area contributed by atoms with Gasteiger partial charge in [0.25, 0.3) is 5.01 Å². The first-order chi connectivity index (χ1) is 16.5. The maximum atomic E-state index is 6.18. The molecule has 0 radical (unpaired) electrons. The van der Waals surface area contributed by atoms with Gasteiger partial charge in [-0.1, -0.05) is 78.1 Å². The Morgan fingerprint density at radius 2 is 1.35 bits per heavy atom. The fourth-order valence-electron chi connectivity index (χ4n) is 5.03. The molecule has 0 aliphatic carbocycles. The lowest BCUT2D eigenvalue weighted by molar-refractivity contribution is -0.585. The third-order valence-corrected chi connectivity index (χ3v) is 8.05. The minimum absolute atomic E-state index is 0.932. The summed E-state index contributed by atoms with van der Waals surface area (Å²) in [6.07, 6.45) is 0. The normalized spacial score (nSPS) is 11.5. The topological polar surface area (TPSA) is 17.0 Å². The highest BCUT2D eigenvalue weighted by atomic mass is 32.1. The average molecular weight is 461 g/mol. The van der Waals surface area contributed by atoms with E-state index in [4.69, 9.17) is 4.42 Å². The van der Waals surface area contributed by atoms with Crippen LogP contribution in [0.5, 0.6) is 0 Å². The second-order valence-corrected chi connectivity index (χ2v) is 10.0. The molecule has 0 atom stereocenters. The van der Waals surface area contributed by atoms with Crippen molar-refractivity contribution in [2.24, 2.45) is 0 Å². The fraction of sp³-hybridized carbons (Fsp3) is 0.129. The lowest BCUT2D eigenvalue weighted by Crippen LogP contribution is -2.35. The molecule has 2 nitrogen and oxygen atoms in total. The summed E-state index contributed by atoms with van der Waals surface area (Å²) in [6, 6.07) is 30.1. The Morgan fingerprint density at radius 3 is 2.12 bits per heavy atom. The summed E-state index contributed by atoms with van der Waals surface area (Å²) >= 11 is 1.87. The van der Waals surface area contributed by atoms with Crippen LogP contribution in [0.15, 0.2) is 89.3 Å². The largest absolute Gasteiger partial charge is 0.456 e. The van der Waals surface area contributed by atoms with Crippen LogP contribution in [0.4, 0.5) is 0 Å². The van der Waals surface area contributed by atoms with Crippen LogP contribution in [-0.2, 0) is 0 Å². The first-order valence-corrected chi connectivity index (χ1v) is 12.4. The number of hydrogen-bond donors (Lipinski definition) is 0. The summed E-state index contributed by atoms with van der Waals surface area (Å²) in [5, 5.41) is 3.58. The Hall–Kier alpha value is -3.69. The Bertz CT molecular complexity index is 1670. The van der Waals surface area contributed by atoms with Crippen LogP contribution in [0.25, 0.3) is 48.6 Å². The maximum absolute atomic E-state index is 6.18. The highest BCUT2D eigenvalue weighted by molar-refractivity contribution is 7.18. The van der Waals surface area contributed by atoms with Crippen LogP contribution in [0.3, 0.4) is 0 Å². The quantitative estimate of drug-likeness (QED) is 0.242. The zero-order chi connectivity index (χ0) is 23.4. The van der Waals surface area contributed by atoms with Gasteiger partial charge in [-0.05, 0) is 49.6 Å². The van der Waals surface area contributed by atoms with Crippen LogP contribution < -0.4 is 4.57 Å². The standard InChI is InChI=1S/C31H26NOS/c1-19-11-10-12-20(2)29(19)31-32(22(4)30(34-31)23-13-6-5-7-14-23)26-18-25-24-15-8-9-16-27(24)33-28(25)17-21(26)3/h5-18H,1-4H3/q+1. The van der Waals surface area contributed by atoms with Crippen LogP contribution in [0.1, 0.15) is 22.4 Å². The van der Waals surface area contributed by atoms with Gasteiger partial charge < -0.3 is 4.42 Å². The zero-order valence-electron chi connectivity index (χ0n) is 19.8. The number of nitrogens with zero attached hydrogens (tertiary/aromatic N) is 1. The summed E-state index contributed by atoms with van der Waals surface area (Å²) in [5.41, 5.74) is 10.7. The van der Waals surface area contributed by atoms with Gasteiger partial charge in [-0.3, -0.25) is 0 Å². The minimum Gasteiger partial charge on any atom is -0.456 e. The van der Waals surface area contributed by atoms with Gasteiger partial charge in [0.1, 0.15) is 16.0 Å². The van der Waals surface area contributed by atoms with Crippen molar-refractivity contribution in [3.8, 4) is 26.7 Å². The second kappa shape index (κ2) is 7.96. The van der Waals surface area contributed by atoms with Crippen molar-refractivity contribution in [1.82, 2.24) is 0 Å². The molecule has 166 valence electrons. The number of aryl methyl sites for hydroxylation is 3. The monoisotopic (exact) mass is 460 g/mol. The molecule has 4 aromatic carbocycles. The Morgan fingerprint density at radius 1 is 0.647 bits per heavy atom. The van der Waals surface area contributed by atoms with Gasteiger partial charge >= 0.3 is 0 Å². The maximum Gasteiger partial charge on any atom is 0.276 e. The Kier molecular flexibility index (Phi) is 4.89. The van der Waals surface area contributed by atoms with E-state index in [9.17, 15) is 0 Å². The molecule has 0 unspecified atom stereocenters. The number of para-hydroxylation sites is 1. The molecule has 0 fully saturated rings. The van der Waals surface area contributed by atoms with Gasteiger partial charge in [-0.2, -0.15) is 0 Å². The summed E-state index contributed by atoms with van der Waals surface area (Å²) in [7, 11) is 0. The molecule has 2 aromatic heterocycles. The smallest absolute Gasteiger partial charge is 0.276 e. The number of rotatable bonds is 3. The van der Waals surface area contributed by atoms with Crippen LogP contribution in [0, 0.1) is 27.7 Å². The third kappa shape index (κ3) is 3.19. The van der Waals surface area contributed by atoms with Crippen LogP contribution in [0.2, 0.25) is 0 Å². The molecule has 6 aromatic rings. The molecule has 0 aliphatic rings. The van der Waals surface area contributed by atoms with Gasteiger partial charge in [-0.15, -0.1) is 4.57 Å². The van der Waals surface area contributed by atoms with Crippen molar-refractivity contribution in [1.29, 1.82) is 0 Å². The van der Waals surface area contributed by atoms with E-state index in [1.54, 1.807) is 0 Å². The van der Waals surface area contributed by atoms with Gasteiger partial charge in [0.2, 0.25) is 11.4 Å². The number of aromatic nitrogens is 1. The van der Waals surface area contributed by atoms with E-state index in [1.165, 1.54) is 49.1 Å². The van der Waals surface area contributed by atoms with E-state index in [-0.39, 0.29) is 0 Å². The van der Waals surface area contributed by atoms with E-state index < -0.39 is 0 Å². The minimum atomic E-state index is 0.932. The predicted octanol–water partition coefficient (Wildman–Crippen LogP) is 8.49. The first-order valence-electron chi connectivity index (χ1n) is 11.6. The highest BCUT2D eigenvalue weighted by Crippen LogP contribution is 2.39. The van der Waals surface area contributed by atoms with Crippen molar-refractivity contribution in [3.05, 3.63) is 107 Å². The second-order valence-electron chi connectivity index (χ2n) is 9.02. The molecule has 0 saturated carbocycles. The SMILES string of the molecule is Cc1cc2oc3ccccc3c2cc1-[n+]1c(-c2c(C)cccc2C)sc(-c2ccccc2)c1C. The molecule has 6 rings (SSSR count). The molecule has 2 heterocycles. The summed E-state index contributed by atoms with van der Waals surface area (Å²) < 4.78 is 8.63. The lowest BCUT2D eigenvalue weighted by Gasteiger charge is -2.08. The summed E-state index contributed by atoms with van der Waals surface area (Å²) in [5.74, 6) is 0. The highest BCUT2D eigenvalue weighted by Gasteiger charge is 2.31. The summed E-state index contributed by atoms with van der Waals surface area (Å²) in [6.45, 7) is 8.85. The van der Waals surface area contributed by atoms with E-state index in [2.05, 4.69) is 105 Å².